The fraction of sp³-hybridized carbons (Fsp3) is 0.333. The highest BCUT2D eigenvalue weighted by Gasteiger charge is 2.09. The normalized spacial score (nSPS) is 9.00. The lowest BCUT2D eigenvalue weighted by Crippen LogP contribution is -3.00. The summed E-state index contributed by atoms with van der Waals surface area (Å²) in [7, 11) is 0. The van der Waals surface area contributed by atoms with Crippen molar-refractivity contribution in [3.63, 3.8) is 0 Å². The van der Waals surface area contributed by atoms with Crippen molar-refractivity contribution in [2.24, 2.45) is 0 Å². The number of nitrogens with one attached hydrogen (secondary N) is 1. The van der Waals surface area contributed by atoms with Crippen molar-refractivity contribution in [2.75, 3.05) is 6.61 Å². The second kappa shape index (κ2) is 6.79. The minimum absolute atomic E-state index is 0. The topological polar surface area (TPSA) is 40.4 Å². The monoisotopic (exact) mass is 279 g/mol. The number of carbonyl (C=O) groups excluding carboxylic acids is 1. The van der Waals surface area contributed by atoms with Crippen LogP contribution in [0.2, 0.25) is 5.02 Å². The van der Waals surface area contributed by atoms with E-state index in [0.29, 0.717) is 11.6 Å². The van der Waals surface area contributed by atoms with Gasteiger partial charge in [-0.3, -0.25) is 4.79 Å². The van der Waals surface area contributed by atoms with Gasteiger partial charge < -0.3 is 21.7 Å². The molecule has 0 spiro atoms. The van der Waals surface area contributed by atoms with Crippen LogP contribution in [-0.4, -0.2) is 12.6 Å². The van der Waals surface area contributed by atoms with E-state index in [4.69, 9.17) is 16.3 Å². The van der Waals surface area contributed by atoms with E-state index in [9.17, 15) is 4.79 Å². The van der Waals surface area contributed by atoms with Gasteiger partial charge in [0.15, 0.2) is 11.9 Å². The first kappa shape index (κ1) is 13.4. The number of esters is 1. The van der Waals surface area contributed by atoms with Crippen molar-refractivity contribution >= 4 is 17.6 Å². The van der Waals surface area contributed by atoms with Crippen LogP contribution in [0.15, 0.2) is 18.3 Å². The van der Waals surface area contributed by atoms with Crippen LogP contribution in [0.1, 0.15) is 12.6 Å². The summed E-state index contributed by atoms with van der Waals surface area (Å²) >= 11 is 5.73. The Kier molecular flexibility index (Phi) is 6.49. The summed E-state index contributed by atoms with van der Waals surface area (Å²) in [6, 6.07) is 3.43. The first-order chi connectivity index (χ1) is 6.22. The van der Waals surface area contributed by atoms with Crippen molar-refractivity contribution < 1.29 is 31.5 Å². The molecule has 0 aliphatic rings. The molecule has 1 rings (SSSR count). The molecule has 0 aliphatic carbocycles. The quantitative estimate of drug-likeness (QED) is 0.617. The summed E-state index contributed by atoms with van der Waals surface area (Å²) in [6.07, 6.45) is 1.92. The van der Waals surface area contributed by atoms with Crippen molar-refractivity contribution in [1.82, 2.24) is 0 Å². The Morgan fingerprint density at radius 1 is 1.64 bits per heavy atom. The highest BCUT2D eigenvalue weighted by Crippen LogP contribution is 2.06. The molecule has 0 radical (unpaired) electrons. The number of carbonyl (C=O) groups is 1. The van der Waals surface area contributed by atoms with E-state index < -0.39 is 0 Å². The Bertz CT molecular complexity index is 307. The summed E-state index contributed by atoms with van der Waals surface area (Å²) in [6.45, 7) is 2.18. The number of pyridine rings is 1. The van der Waals surface area contributed by atoms with Gasteiger partial charge in [-0.2, -0.15) is 0 Å². The van der Waals surface area contributed by atoms with Crippen LogP contribution in [0.5, 0.6) is 0 Å². The average Bonchev–Trinajstić information content (AvgIpc) is 2.04. The Morgan fingerprint density at radius 3 is 2.93 bits per heavy atom. The van der Waals surface area contributed by atoms with Gasteiger partial charge in [0.2, 0.25) is 0 Å². The number of hydrogen-bond donors (Lipinski definition) is 0. The molecule has 1 aromatic rings. The summed E-state index contributed by atoms with van der Waals surface area (Å²) in [5, 5.41) is 0.609. The maximum atomic E-state index is 11.0. The number of aromatic amines is 1. The minimum atomic E-state index is -0.249. The summed E-state index contributed by atoms with van der Waals surface area (Å²) in [5.41, 5.74) is 0.756. The zero-order valence-electron chi connectivity index (χ0n) is 7.72. The molecule has 1 heterocycles. The number of hydrogen-bond acceptors (Lipinski definition) is 2. The Balaban J connectivity index is 0.00000169. The van der Waals surface area contributed by atoms with Gasteiger partial charge in [-0.25, -0.2) is 4.98 Å². The molecule has 0 aliphatic heterocycles. The molecule has 5 heteroatoms. The van der Waals surface area contributed by atoms with Gasteiger partial charge in [-0.1, -0.05) is 11.6 Å². The molecule has 0 aromatic carbocycles. The van der Waals surface area contributed by atoms with Gasteiger partial charge >= 0.3 is 5.97 Å². The molecule has 78 valence electrons. The average molecular weight is 281 g/mol. The fourth-order valence-electron chi connectivity index (χ4n) is 0.954. The Morgan fingerprint density at radius 2 is 2.36 bits per heavy atom. The number of aromatic nitrogens is 1. The molecule has 1 aromatic heterocycles. The third kappa shape index (κ3) is 4.58. The van der Waals surface area contributed by atoms with Crippen LogP contribution in [0.3, 0.4) is 0 Å². The predicted molar refractivity (Wildman–Crippen MR) is 48.3 cm³/mol. The van der Waals surface area contributed by atoms with E-state index in [1.807, 2.05) is 0 Å². The highest BCUT2D eigenvalue weighted by molar-refractivity contribution is 6.30. The van der Waals surface area contributed by atoms with Crippen molar-refractivity contribution in [2.45, 2.75) is 13.3 Å². The minimum Gasteiger partial charge on any atom is -1.00 e. The lowest BCUT2D eigenvalue weighted by atomic mass is 10.3. The lowest BCUT2D eigenvalue weighted by molar-refractivity contribution is -0.389. The van der Waals surface area contributed by atoms with Gasteiger partial charge in [0.25, 0.3) is 0 Å². The summed E-state index contributed by atoms with van der Waals surface area (Å²) < 4.78 is 4.78. The molecule has 14 heavy (non-hydrogen) atoms. The van der Waals surface area contributed by atoms with E-state index in [2.05, 4.69) is 4.98 Å². The molecule has 0 amide bonds. The first-order valence-electron chi connectivity index (χ1n) is 4.04. The molecular formula is C9H11BrClNO2. The van der Waals surface area contributed by atoms with Gasteiger partial charge in [-0.15, -0.1) is 0 Å². The third-order valence-electron chi connectivity index (χ3n) is 1.46. The Hall–Kier alpha value is -0.610. The van der Waals surface area contributed by atoms with Crippen LogP contribution in [0, 0.1) is 0 Å². The van der Waals surface area contributed by atoms with Crippen LogP contribution in [0.4, 0.5) is 0 Å². The first-order valence-corrected chi connectivity index (χ1v) is 4.42. The van der Waals surface area contributed by atoms with Crippen molar-refractivity contribution in [1.29, 1.82) is 0 Å². The fourth-order valence-corrected chi connectivity index (χ4v) is 1.15. The molecule has 0 bridgehead atoms. The molecule has 0 unspecified atom stereocenters. The standard InChI is InChI=1S/C9H10ClNO2.BrH/c1-2-13-9(12)6-8-5-7(10)3-4-11-8;/h3-5H,2,6H2,1H3;1H. The SMILES string of the molecule is CCOC(=O)Cc1cc(Cl)cc[nH+]1.[Br-]. The predicted octanol–water partition coefficient (Wildman–Crippen LogP) is -1.74. The molecule has 0 atom stereocenters. The molecule has 0 saturated carbocycles. The van der Waals surface area contributed by atoms with Crippen LogP contribution < -0.4 is 22.0 Å². The molecule has 0 fully saturated rings. The van der Waals surface area contributed by atoms with E-state index in [0.717, 1.165) is 5.69 Å². The highest BCUT2D eigenvalue weighted by atomic mass is 79.9. The lowest BCUT2D eigenvalue weighted by Gasteiger charge is -1.97. The summed E-state index contributed by atoms with van der Waals surface area (Å²) in [5.74, 6) is -0.249. The van der Waals surface area contributed by atoms with Gasteiger partial charge in [0.1, 0.15) is 6.42 Å². The van der Waals surface area contributed by atoms with E-state index in [1.54, 1.807) is 25.3 Å². The van der Waals surface area contributed by atoms with Crippen LogP contribution in [-0.2, 0) is 16.0 Å². The second-order valence-electron chi connectivity index (χ2n) is 2.51. The van der Waals surface area contributed by atoms with Crippen LogP contribution >= 0.6 is 11.6 Å². The number of H-pyrrole nitrogens is 1. The van der Waals surface area contributed by atoms with Crippen LogP contribution in [0.25, 0.3) is 0 Å². The molecule has 0 saturated heterocycles. The van der Waals surface area contributed by atoms with Crippen molar-refractivity contribution in [3.05, 3.63) is 29.0 Å². The Labute approximate surface area is 98.2 Å². The largest absolute Gasteiger partial charge is 1.00 e. The van der Waals surface area contributed by atoms with Gasteiger partial charge in [0.05, 0.1) is 11.6 Å². The maximum Gasteiger partial charge on any atom is 0.316 e. The number of rotatable bonds is 3. The summed E-state index contributed by atoms with van der Waals surface area (Å²) in [4.78, 5) is 14.0. The molecule has 1 N–H and O–H groups in total. The van der Waals surface area contributed by atoms with Gasteiger partial charge in [0, 0.05) is 12.1 Å². The maximum absolute atomic E-state index is 11.0. The zero-order chi connectivity index (χ0) is 9.68. The smallest absolute Gasteiger partial charge is 0.316 e. The molecule has 3 nitrogen and oxygen atoms in total. The number of halogens is 2. The molecular weight excluding hydrogens is 269 g/mol. The number of ether oxygens (including phenoxy) is 1. The van der Waals surface area contributed by atoms with Gasteiger partial charge in [-0.05, 0) is 6.92 Å². The van der Waals surface area contributed by atoms with E-state index in [1.165, 1.54) is 0 Å². The van der Waals surface area contributed by atoms with E-state index in [-0.39, 0.29) is 29.4 Å². The third-order valence-corrected chi connectivity index (χ3v) is 1.70. The second-order valence-corrected chi connectivity index (χ2v) is 2.95. The van der Waals surface area contributed by atoms with E-state index >= 15 is 0 Å². The van der Waals surface area contributed by atoms with Crippen molar-refractivity contribution in [3.8, 4) is 0 Å². The zero-order valence-corrected chi connectivity index (χ0v) is 10.1.